The lowest BCUT2D eigenvalue weighted by atomic mass is 9.84. The number of nitrogens with one attached hydrogen (secondary N) is 1. The van der Waals surface area contributed by atoms with Crippen molar-refractivity contribution in [2.75, 3.05) is 26.2 Å². The minimum Gasteiger partial charge on any atom is -0.337 e. The van der Waals surface area contributed by atoms with Crippen molar-refractivity contribution in [1.82, 2.24) is 20.0 Å². The molecule has 1 saturated heterocycles. The molecule has 34 heavy (non-hydrogen) atoms. The van der Waals surface area contributed by atoms with E-state index in [1.54, 1.807) is 4.90 Å². The Bertz CT molecular complexity index is 1070. The van der Waals surface area contributed by atoms with E-state index in [1.807, 2.05) is 0 Å². The zero-order valence-electron chi connectivity index (χ0n) is 18.7. The summed E-state index contributed by atoms with van der Waals surface area (Å²) in [4.78, 5) is 17.2. The van der Waals surface area contributed by atoms with Crippen LogP contribution >= 0.6 is 0 Å². The van der Waals surface area contributed by atoms with Crippen LogP contribution in [0.25, 0.3) is 0 Å². The van der Waals surface area contributed by atoms with Crippen LogP contribution in [0.4, 0.5) is 22.0 Å². The van der Waals surface area contributed by atoms with Crippen molar-refractivity contribution in [2.45, 2.75) is 57.2 Å². The zero-order chi connectivity index (χ0) is 24.0. The van der Waals surface area contributed by atoms with Gasteiger partial charge in [0.1, 0.15) is 0 Å². The molecule has 3 aliphatic rings. The molecular formula is C24H27F5N4O. The van der Waals surface area contributed by atoms with Crippen LogP contribution in [-0.4, -0.2) is 52.1 Å². The van der Waals surface area contributed by atoms with E-state index >= 15 is 0 Å². The van der Waals surface area contributed by atoms with E-state index in [4.69, 9.17) is 0 Å². The van der Waals surface area contributed by atoms with Gasteiger partial charge in [0.25, 0.3) is 5.91 Å². The Balaban J connectivity index is 1.27. The van der Waals surface area contributed by atoms with E-state index in [9.17, 15) is 26.7 Å². The summed E-state index contributed by atoms with van der Waals surface area (Å²) in [5.41, 5.74) is 0.486. The third-order valence-corrected chi connectivity index (χ3v) is 7.59. The number of aromatic nitrogens is 2. The largest absolute Gasteiger partial charge is 0.419 e. The predicted octanol–water partition coefficient (Wildman–Crippen LogP) is 4.88. The van der Waals surface area contributed by atoms with Gasteiger partial charge in [-0.1, -0.05) is 12.5 Å². The highest BCUT2D eigenvalue weighted by Gasteiger charge is 2.41. The summed E-state index contributed by atoms with van der Waals surface area (Å²) < 4.78 is 67.9. The quantitative estimate of drug-likeness (QED) is 0.632. The van der Waals surface area contributed by atoms with Crippen LogP contribution < -0.4 is 0 Å². The lowest BCUT2D eigenvalue weighted by molar-refractivity contribution is -0.141. The van der Waals surface area contributed by atoms with Gasteiger partial charge in [0, 0.05) is 50.4 Å². The molecule has 0 bridgehead atoms. The second kappa shape index (κ2) is 8.94. The van der Waals surface area contributed by atoms with Crippen molar-refractivity contribution in [3.05, 3.63) is 51.8 Å². The molecule has 1 aromatic heterocycles. The molecule has 10 heteroatoms. The van der Waals surface area contributed by atoms with Gasteiger partial charge in [0.2, 0.25) is 0 Å². The van der Waals surface area contributed by atoms with Crippen molar-refractivity contribution in [3.63, 3.8) is 0 Å². The molecular weight excluding hydrogens is 455 g/mol. The first-order chi connectivity index (χ1) is 16.2. The highest BCUT2D eigenvalue weighted by atomic mass is 19.4. The van der Waals surface area contributed by atoms with Crippen molar-refractivity contribution in [3.8, 4) is 0 Å². The first-order valence-electron chi connectivity index (χ1n) is 11.8. The summed E-state index contributed by atoms with van der Waals surface area (Å²) in [5.74, 6) is -3.49. The SMILES string of the molecule is O=C(c1n[nH]c2c1CN(CC1CCC1)CC2)N1CCC(c2ccc(F)c(F)c2C(F)(F)F)CC1. The molecule has 5 rings (SSSR count). The predicted molar refractivity (Wildman–Crippen MR) is 114 cm³/mol. The number of fused-ring (bicyclic) bond motifs is 1. The number of halogens is 5. The molecule has 0 radical (unpaired) electrons. The van der Waals surface area contributed by atoms with Crippen LogP contribution in [0.5, 0.6) is 0 Å². The smallest absolute Gasteiger partial charge is 0.337 e. The molecule has 5 nitrogen and oxygen atoms in total. The molecule has 0 spiro atoms. The summed E-state index contributed by atoms with van der Waals surface area (Å²) in [6, 6.07) is 1.76. The average Bonchev–Trinajstić information content (AvgIpc) is 3.20. The molecule has 1 aromatic carbocycles. The van der Waals surface area contributed by atoms with E-state index in [-0.39, 0.29) is 37.4 Å². The second-order valence-corrected chi connectivity index (χ2v) is 9.70. The molecule has 2 fully saturated rings. The average molecular weight is 482 g/mol. The van der Waals surface area contributed by atoms with E-state index in [2.05, 4.69) is 15.1 Å². The van der Waals surface area contributed by atoms with Crippen LogP contribution in [0, 0.1) is 17.6 Å². The Morgan fingerprint density at radius 1 is 1.09 bits per heavy atom. The highest BCUT2D eigenvalue weighted by molar-refractivity contribution is 5.94. The number of alkyl halides is 3. The van der Waals surface area contributed by atoms with Crippen molar-refractivity contribution in [2.24, 2.45) is 5.92 Å². The van der Waals surface area contributed by atoms with Gasteiger partial charge < -0.3 is 4.90 Å². The first-order valence-corrected chi connectivity index (χ1v) is 11.8. The molecule has 1 saturated carbocycles. The van der Waals surface area contributed by atoms with Crippen molar-refractivity contribution in [1.29, 1.82) is 0 Å². The number of carbonyl (C=O) groups excluding carboxylic acids is 1. The molecule has 184 valence electrons. The lowest BCUT2D eigenvalue weighted by Gasteiger charge is -2.35. The Labute approximate surface area is 194 Å². The summed E-state index contributed by atoms with van der Waals surface area (Å²) in [5, 5.41) is 7.27. The third-order valence-electron chi connectivity index (χ3n) is 7.59. The van der Waals surface area contributed by atoms with Crippen molar-refractivity contribution < 1.29 is 26.7 Å². The number of hydrogen-bond donors (Lipinski definition) is 1. The first kappa shape index (κ1) is 23.3. The van der Waals surface area contributed by atoms with Crippen LogP contribution in [0.15, 0.2) is 12.1 Å². The van der Waals surface area contributed by atoms with Crippen LogP contribution in [0.1, 0.15) is 70.9 Å². The molecule has 0 atom stereocenters. The summed E-state index contributed by atoms with van der Waals surface area (Å²) in [6.45, 7) is 3.09. The number of nitrogens with zero attached hydrogens (tertiary/aromatic N) is 3. The number of aromatic amines is 1. The minimum absolute atomic E-state index is 0.229. The van der Waals surface area contributed by atoms with E-state index < -0.39 is 29.3 Å². The van der Waals surface area contributed by atoms with Gasteiger partial charge in [-0.25, -0.2) is 8.78 Å². The maximum Gasteiger partial charge on any atom is 0.419 e. The summed E-state index contributed by atoms with van der Waals surface area (Å²) in [7, 11) is 0. The Morgan fingerprint density at radius 3 is 2.47 bits per heavy atom. The number of benzene rings is 1. The number of carbonyl (C=O) groups is 1. The van der Waals surface area contributed by atoms with Gasteiger partial charge in [0.05, 0.1) is 5.56 Å². The van der Waals surface area contributed by atoms with Gasteiger partial charge in [-0.05, 0) is 49.1 Å². The van der Waals surface area contributed by atoms with Crippen LogP contribution in [0.2, 0.25) is 0 Å². The molecule has 2 aromatic rings. The number of H-pyrrole nitrogens is 1. The van der Waals surface area contributed by atoms with Crippen LogP contribution in [-0.2, 0) is 19.1 Å². The maximum atomic E-state index is 14.0. The molecule has 3 heterocycles. The molecule has 1 aliphatic carbocycles. The molecule has 0 unspecified atom stereocenters. The fraction of sp³-hybridized carbons (Fsp3) is 0.583. The monoisotopic (exact) mass is 482 g/mol. The standard InChI is InChI=1S/C24H27F5N4O/c25-18-5-4-16(20(21(18)26)24(27,28)29)15-6-10-33(11-7-15)23(34)22-17-13-32(12-14-2-1-3-14)9-8-19(17)30-31-22/h4-5,14-15H,1-3,6-13H2,(H,30,31). The van der Waals surface area contributed by atoms with Gasteiger partial charge >= 0.3 is 6.18 Å². The summed E-state index contributed by atoms with van der Waals surface area (Å²) in [6.07, 6.45) is 0.0759. The summed E-state index contributed by atoms with van der Waals surface area (Å²) >= 11 is 0. The third kappa shape index (κ3) is 4.32. The van der Waals surface area contributed by atoms with Gasteiger partial charge in [-0.2, -0.15) is 18.3 Å². The highest BCUT2D eigenvalue weighted by Crippen LogP contribution is 2.41. The molecule has 2 aliphatic heterocycles. The van der Waals surface area contributed by atoms with E-state index in [0.717, 1.165) is 48.8 Å². The topological polar surface area (TPSA) is 52.2 Å². The number of likely N-dealkylation sites (tertiary alicyclic amines) is 1. The number of amides is 1. The second-order valence-electron chi connectivity index (χ2n) is 9.70. The number of hydrogen-bond acceptors (Lipinski definition) is 3. The van der Waals surface area contributed by atoms with E-state index in [0.29, 0.717) is 12.2 Å². The minimum atomic E-state index is -4.99. The number of rotatable bonds is 4. The fourth-order valence-corrected chi connectivity index (χ4v) is 5.46. The van der Waals surface area contributed by atoms with Gasteiger partial charge in [-0.3, -0.25) is 14.8 Å². The molecule has 1 amide bonds. The lowest BCUT2D eigenvalue weighted by Crippen LogP contribution is -2.40. The Hall–Kier alpha value is -2.49. The van der Waals surface area contributed by atoms with Crippen molar-refractivity contribution >= 4 is 5.91 Å². The maximum absolute atomic E-state index is 14.0. The Kier molecular flexibility index (Phi) is 6.12. The fourth-order valence-electron chi connectivity index (χ4n) is 5.46. The zero-order valence-corrected chi connectivity index (χ0v) is 18.7. The normalized spacial score (nSPS) is 20.3. The van der Waals surface area contributed by atoms with Gasteiger partial charge in [0.15, 0.2) is 17.3 Å². The molecule has 1 N–H and O–H groups in total. The van der Waals surface area contributed by atoms with E-state index in [1.165, 1.54) is 19.3 Å². The van der Waals surface area contributed by atoms with Crippen LogP contribution in [0.3, 0.4) is 0 Å². The van der Waals surface area contributed by atoms with Gasteiger partial charge in [-0.15, -0.1) is 0 Å². The number of piperidine rings is 1. The Morgan fingerprint density at radius 2 is 1.82 bits per heavy atom.